The summed E-state index contributed by atoms with van der Waals surface area (Å²) >= 11 is 0. The summed E-state index contributed by atoms with van der Waals surface area (Å²) in [6.45, 7) is 3.30. The van der Waals surface area contributed by atoms with Crippen LogP contribution in [-0.4, -0.2) is 36.2 Å². The van der Waals surface area contributed by atoms with Gasteiger partial charge in [-0.15, -0.1) is 0 Å². The summed E-state index contributed by atoms with van der Waals surface area (Å²) in [5.74, 6) is 0.465. The molecule has 5 nitrogen and oxygen atoms in total. The summed E-state index contributed by atoms with van der Waals surface area (Å²) in [5.41, 5.74) is 1.45. The topological polar surface area (TPSA) is 55.6 Å². The minimum Gasteiger partial charge on any atom is -0.375 e. The van der Waals surface area contributed by atoms with E-state index in [2.05, 4.69) is 5.16 Å². The molecule has 1 amide bonds. The minimum atomic E-state index is -0.162. The molecule has 2 aromatic rings. The molecule has 20 heavy (non-hydrogen) atoms. The minimum absolute atomic E-state index is 0.162. The fourth-order valence-corrected chi connectivity index (χ4v) is 1.73. The highest BCUT2D eigenvalue weighted by molar-refractivity contribution is 5.92. The zero-order valence-corrected chi connectivity index (χ0v) is 11.7. The SMILES string of the molecule is Cc1cc(C(=O)N(C)CCOCc2ccccc2)no1. The second-order valence-electron chi connectivity index (χ2n) is 4.59. The number of carbonyl (C=O) groups excluding carboxylic acids is 1. The van der Waals surface area contributed by atoms with E-state index >= 15 is 0 Å². The molecule has 0 aliphatic carbocycles. The van der Waals surface area contributed by atoms with Crippen LogP contribution in [0.5, 0.6) is 0 Å². The number of nitrogens with zero attached hydrogens (tertiary/aromatic N) is 2. The monoisotopic (exact) mass is 274 g/mol. The Morgan fingerprint density at radius 1 is 1.35 bits per heavy atom. The van der Waals surface area contributed by atoms with E-state index in [1.807, 2.05) is 30.3 Å². The van der Waals surface area contributed by atoms with Crippen LogP contribution in [0.4, 0.5) is 0 Å². The first-order chi connectivity index (χ1) is 9.66. The molecule has 0 saturated carbocycles. The molecular weight excluding hydrogens is 256 g/mol. The second kappa shape index (κ2) is 6.86. The largest absolute Gasteiger partial charge is 0.375 e. The number of aromatic nitrogens is 1. The zero-order chi connectivity index (χ0) is 14.4. The fraction of sp³-hybridized carbons (Fsp3) is 0.333. The van der Waals surface area contributed by atoms with Crippen molar-refractivity contribution in [2.24, 2.45) is 0 Å². The van der Waals surface area contributed by atoms with Crippen molar-refractivity contribution in [3.63, 3.8) is 0 Å². The van der Waals surface area contributed by atoms with Crippen molar-refractivity contribution < 1.29 is 14.1 Å². The third kappa shape index (κ3) is 3.93. The number of hydrogen-bond donors (Lipinski definition) is 0. The van der Waals surface area contributed by atoms with Gasteiger partial charge in [0.1, 0.15) is 5.76 Å². The van der Waals surface area contributed by atoms with E-state index in [4.69, 9.17) is 9.26 Å². The molecule has 0 bridgehead atoms. The number of ether oxygens (including phenoxy) is 1. The molecule has 0 atom stereocenters. The number of benzene rings is 1. The number of amides is 1. The average Bonchev–Trinajstić information content (AvgIpc) is 2.90. The van der Waals surface area contributed by atoms with Crippen molar-refractivity contribution in [2.75, 3.05) is 20.2 Å². The lowest BCUT2D eigenvalue weighted by Gasteiger charge is -2.15. The molecule has 1 heterocycles. The Morgan fingerprint density at radius 3 is 2.75 bits per heavy atom. The molecular formula is C15H18N2O3. The lowest BCUT2D eigenvalue weighted by atomic mass is 10.2. The molecule has 1 aromatic carbocycles. The molecule has 0 aliphatic heterocycles. The summed E-state index contributed by atoms with van der Waals surface area (Å²) in [4.78, 5) is 13.5. The van der Waals surface area contributed by atoms with Crippen LogP contribution in [0.1, 0.15) is 21.8 Å². The number of hydrogen-bond acceptors (Lipinski definition) is 4. The van der Waals surface area contributed by atoms with Crippen molar-refractivity contribution in [3.8, 4) is 0 Å². The Hall–Kier alpha value is -2.14. The van der Waals surface area contributed by atoms with Gasteiger partial charge in [-0.25, -0.2) is 0 Å². The van der Waals surface area contributed by atoms with Crippen LogP contribution >= 0.6 is 0 Å². The number of likely N-dealkylation sites (N-methyl/N-ethyl adjacent to an activating group) is 1. The van der Waals surface area contributed by atoms with Crippen molar-refractivity contribution in [1.29, 1.82) is 0 Å². The van der Waals surface area contributed by atoms with Crippen molar-refractivity contribution in [2.45, 2.75) is 13.5 Å². The summed E-state index contributed by atoms with van der Waals surface area (Å²) < 4.78 is 10.4. The lowest BCUT2D eigenvalue weighted by molar-refractivity contribution is 0.0662. The molecule has 0 aliphatic rings. The van der Waals surface area contributed by atoms with Gasteiger partial charge in [0.15, 0.2) is 5.69 Å². The van der Waals surface area contributed by atoms with E-state index in [1.165, 1.54) is 0 Å². The maximum Gasteiger partial charge on any atom is 0.275 e. The highest BCUT2D eigenvalue weighted by atomic mass is 16.5. The van der Waals surface area contributed by atoms with Gasteiger partial charge < -0.3 is 14.2 Å². The molecule has 2 rings (SSSR count). The third-order valence-corrected chi connectivity index (χ3v) is 2.88. The zero-order valence-electron chi connectivity index (χ0n) is 11.7. The van der Waals surface area contributed by atoms with Crippen molar-refractivity contribution >= 4 is 5.91 Å². The maximum absolute atomic E-state index is 12.0. The van der Waals surface area contributed by atoms with Gasteiger partial charge in [-0.3, -0.25) is 4.79 Å². The van der Waals surface area contributed by atoms with Crippen LogP contribution in [0.15, 0.2) is 40.9 Å². The predicted octanol–water partition coefficient (Wildman–Crippen LogP) is 2.27. The van der Waals surface area contributed by atoms with E-state index in [1.54, 1.807) is 24.9 Å². The van der Waals surface area contributed by atoms with Crippen LogP contribution in [0.2, 0.25) is 0 Å². The summed E-state index contributed by atoms with van der Waals surface area (Å²) in [6, 6.07) is 11.6. The molecule has 1 aromatic heterocycles. The van der Waals surface area contributed by atoms with Crippen LogP contribution in [0, 0.1) is 6.92 Å². The Labute approximate surface area is 118 Å². The molecule has 0 N–H and O–H groups in total. The van der Waals surface area contributed by atoms with Gasteiger partial charge in [-0.1, -0.05) is 35.5 Å². The van der Waals surface area contributed by atoms with E-state index < -0.39 is 0 Å². The standard InChI is InChI=1S/C15H18N2O3/c1-12-10-14(16-20-12)15(18)17(2)8-9-19-11-13-6-4-3-5-7-13/h3-7,10H,8-9,11H2,1-2H3. The van der Waals surface area contributed by atoms with Gasteiger partial charge >= 0.3 is 0 Å². The average molecular weight is 274 g/mol. The number of rotatable bonds is 6. The van der Waals surface area contributed by atoms with Crippen molar-refractivity contribution in [1.82, 2.24) is 10.1 Å². The van der Waals surface area contributed by atoms with Crippen LogP contribution in [0.25, 0.3) is 0 Å². The van der Waals surface area contributed by atoms with Gasteiger partial charge in [-0.2, -0.15) is 0 Å². The molecule has 5 heteroatoms. The Bertz CT molecular complexity index is 551. The summed E-state index contributed by atoms with van der Waals surface area (Å²) in [6.07, 6.45) is 0. The third-order valence-electron chi connectivity index (χ3n) is 2.88. The van der Waals surface area contributed by atoms with Gasteiger partial charge in [0.05, 0.1) is 13.2 Å². The van der Waals surface area contributed by atoms with Gasteiger partial charge in [-0.05, 0) is 12.5 Å². The quantitative estimate of drug-likeness (QED) is 0.758. The maximum atomic E-state index is 12.0. The van der Waals surface area contributed by atoms with Gasteiger partial charge in [0.2, 0.25) is 0 Å². The van der Waals surface area contributed by atoms with E-state index in [0.29, 0.717) is 31.2 Å². The number of aryl methyl sites for hydroxylation is 1. The van der Waals surface area contributed by atoms with Gasteiger partial charge in [0.25, 0.3) is 5.91 Å². The summed E-state index contributed by atoms with van der Waals surface area (Å²) in [7, 11) is 1.72. The first kappa shape index (κ1) is 14.3. The smallest absolute Gasteiger partial charge is 0.275 e. The lowest BCUT2D eigenvalue weighted by Crippen LogP contribution is -2.30. The molecule has 0 radical (unpaired) electrons. The highest BCUT2D eigenvalue weighted by Crippen LogP contribution is 2.05. The molecule has 0 unspecified atom stereocenters. The molecule has 0 saturated heterocycles. The van der Waals surface area contributed by atoms with E-state index in [0.717, 1.165) is 5.56 Å². The normalized spacial score (nSPS) is 10.5. The second-order valence-corrected chi connectivity index (χ2v) is 4.59. The van der Waals surface area contributed by atoms with E-state index in [-0.39, 0.29) is 5.91 Å². The fourth-order valence-electron chi connectivity index (χ4n) is 1.73. The highest BCUT2D eigenvalue weighted by Gasteiger charge is 2.15. The first-order valence-corrected chi connectivity index (χ1v) is 6.47. The predicted molar refractivity (Wildman–Crippen MR) is 74.3 cm³/mol. The number of carbonyl (C=O) groups is 1. The van der Waals surface area contributed by atoms with Crippen LogP contribution in [0.3, 0.4) is 0 Å². The first-order valence-electron chi connectivity index (χ1n) is 6.47. The Balaban J connectivity index is 1.72. The van der Waals surface area contributed by atoms with E-state index in [9.17, 15) is 4.79 Å². The molecule has 106 valence electrons. The van der Waals surface area contributed by atoms with Crippen molar-refractivity contribution in [3.05, 3.63) is 53.4 Å². The molecule has 0 fully saturated rings. The van der Waals surface area contributed by atoms with Gasteiger partial charge in [0, 0.05) is 19.7 Å². The molecule has 0 spiro atoms. The Morgan fingerprint density at radius 2 is 2.10 bits per heavy atom. The Kier molecular flexibility index (Phi) is 4.90. The van der Waals surface area contributed by atoms with Crippen LogP contribution < -0.4 is 0 Å². The van der Waals surface area contributed by atoms with Crippen LogP contribution in [-0.2, 0) is 11.3 Å². The summed E-state index contributed by atoms with van der Waals surface area (Å²) in [5, 5.41) is 3.71.